The second-order valence-corrected chi connectivity index (χ2v) is 6.91. The van der Waals surface area contributed by atoms with Crippen molar-refractivity contribution in [3.63, 3.8) is 0 Å². The molecule has 0 spiro atoms. The van der Waals surface area contributed by atoms with Gasteiger partial charge in [-0.05, 0) is 32.6 Å². The number of nitrogens with one attached hydrogen (secondary N) is 2. The lowest BCUT2D eigenvalue weighted by molar-refractivity contribution is -1.03. The number of quaternary nitrogens is 2. The monoisotopic (exact) mass is 274 g/mol. The van der Waals surface area contributed by atoms with Gasteiger partial charge in [0.15, 0.2) is 0 Å². The summed E-state index contributed by atoms with van der Waals surface area (Å²) in [5.41, 5.74) is 2.91. The molecule has 1 aliphatic heterocycles. The molecule has 1 aliphatic carbocycles. The molecule has 1 aromatic rings. The maximum atomic E-state index is 2.35. The van der Waals surface area contributed by atoms with E-state index >= 15 is 0 Å². The Kier molecular flexibility index (Phi) is 4.74. The molecule has 2 heteroatoms. The summed E-state index contributed by atoms with van der Waals surface area (Å²) in [4.78, 5) is 3.70. The molecule has 0 unspecified atom stereocenters. The largest absolute Gasteiger partial charge is 0.323 e. The number of piperazine rings is 1. The Hall–Kier alpha value is -0.860. The Morgan fingerprint density at radius 1 is 1.00 bits per heavy atom. The summed E-state index contributed by atoms with van der Waals surface area (Å²) in [6.45, 7) is 8.93. The van der Waals surface area contributed by atoms with Crippen LogP contribution in [0.25, 0.3) is 0 Å². The van der Waals surface area contributed by atoms with Crippen LogP contribution in [0.4, 0.5) is 0 Å². The van der Waals surface area contributed by atoms with Gasteiger partial charge >= 0.3 is 0 Å². The molecular weight excluding hydrogens is 244 g/mol. The average molecular weight is 274 g/mol. The van der Waals surface area contributed by atoms with Gasteiger partial charge in [0.1, 0.15) is 32.7 Å². The molecule has 0 atom stereocenters. The topological polar surface area (TPSA) is 8.88 Å². The Labute approximate surface area is 123 Å². The fourth-order valence-corrected chi connectivity index (χ4v) is 4.13. The summed E-state index contributed by atoms with van der Waals surface area (Å²) in [6, 6.07) is 10.0. The van der Waals surface area contributed by atoms with Gasteiger partial charge in [-0.25, -0.2) is 0 Å². The van der Waals surface area contributed by atoms with Crippen LogP contribution in [0.15, 0.2) is 24.3 Å². The molecule has 1 heterocycles. The third kappa shape index (κ3) is 3.62. The number of aryl methyl sites for hydroxylation is 1. The number of hydrogen-bond acceptors (Lipinski definition) is 0. The van der Waals surface area contributed by atoms with E-state index in [1.165, 1.54) is 76.0 Å². The van der Waals surface area contributed by atoms with E-state index in [0.29, 0.717) is 0 Å². The summed E-state index contributed by atoms with van der Waals surface area (Å²) in [5, 5.41) is 0. The highest BCUT2D eigenvalue weighted by Gasteiger charge is 2.30. The molecule has 2 nitrogen and oxygen atoms in total. The van der Waals surface area contributed by atoms with Crippen molar-refractivity contribution in [3.8, 4) is 0 Å². The van der Waals surface area contributed by atoms with Crippen molar-refractivity contribution < 1.29 is 9.80 Å². The van der Waals surface area contributed by atoms with Crippen LogP contribution in [-0.4, -0.2) is 32.2 Å². The lowest BCUT2D eigenvalue weighted by atomic mass is 9.94. The number of rotatable bonds is 3. The second-order valence-electron chi connectivity index (χ2n) is 6.91. The van der Waals surface area contributed by atoms with Gasteiger partial charge in [-0.15, -0.1) is 0 Å². The molecule has 0 radical (unpaired) electrons. The van der Waals surface area contributed by atoms with Crippen LogP contribution >= 0.6 is 0 Å². The zero-order valence-electron chi connectivity index (χ0n) is 13.0. The smallest absolute Gasteiger partial charge is 0.127 e. The third-order valence-electron chi connectivity index (χ3n) is 5.32. The highest BCUT2D eigenvalue weighted by atomic mass is 15.3. The zero-order valence-corrected chi connectivity index (χ0v) is 13.0. The maximum Gasteiger partial charge on any atom is 0.127 e. The Bertz CT molecular complexity index is 415. The molecule has 2 fully saturated rings. The SMILES string of the molecule is Cc1cccc(C[NH+]2CC[NH+](C3CCCCC3)CC2)c1. The molecule has 0 bridgehead atoms. The first-order chi connectivity index (χ1) is 9.81. The van der Waals surface area contributed by atoms with Crippen LogP contribution < -0.4 is 9.80 Å². The normalized spacial score (nSPS) is 28.4. The van der Waals surface area contributed by atoms with E-state index in [1.54, 1.807) is 4.90 Å². The quantitative estimate of drug-likeness (QED) is 0.799. The molecule has 20 heavy (non-hydrogen) atoms. The lowest BCUT2D eigenvalue weighted by Gasteiger charge is -2.36. The minimum absolute atomic E-state index is 0.990. The second kappa shape index (κ2) is 6.73. The standard InChI is InChI=1S/C18H28N2/c1-16-6-5-7-17(14-16)15-19-10-12-20(13-11-19)18-8-3-2-4-9-18/h5-7,14,18H,2-4,8-13,15H2,1H3/p+2. The summed E-state index contributed by atoms with van der Waals surface area (Å²) in [6.07, 6.45) is 7.42. The van der Waals surface area contributed by atoms with Gasteiger partial charge in [-0.1, -0.05) is 36.2 Å². The molecule has 0 amide bonds. The molecule has 2 aliphatic rings. The number of hydrogen-bond donors (Lipinski definition) is 2. The molecule has 1 saturated heterocycles. The van der Waals surface area contributed by atoms with E-state index in [9.17, 15) is 0 Å². The molecule has 3 rings (SSSR count). The summed E-state index contributed by atoms with van der Waals surface area (Å²) < 4.78 is 0. The average Bonchev–Trinajstić information content (AvgIpc) is 2.49. The molecule has 1 aromatic carbocycles. The van der Waals surface area contributed by atoms with E-state index in [1.807, 2.05) is 4.90 Å². The summed E-state index contributed by atoms with van der Waals surface area (Å²) in [5.74, 6) is 0. The van der Waals surface area contributed by atoms with Crippen molar-refractivity contribution in [2.24, 2.45) is 0 Å². The van der Waals surface area contributed by atoms with Gasteiger partial charge in [-0.2, -0.15) is 0 Å². The predicted molar refractivity (Wildman–Crippen MR) is 83.1 cm³/mol. The van der Waals surface area contributed by atoms with E-state index in [0.717, 1.165) is 6.04 Å². The molecular formula is C18H30N2+2. The lowest BCUT2D eigenvalue weighted by Crippen LogP contribution is -3.29. The van der Waals surface area contributed by atoms with Crippen molar-refractivity contribution in [1.29, 1.82) is 0 Å². The van der Waals surface area contributed by atoms with Gasteiger partial charge in [0.2, 0.25) is 0 Å². The zero-order chi connectivity index (χ0) is 13.8. The predicted octanol–water partition coefficient (Wildman–Crippen LogP) is 0.611. The van der Waals surface area contributed by atoms with Gasteiger partial charge in [0.25, 0.3) is 0 Å². The molecule has 0 aromatic heterocycles. The van der Waals surface area contributed by atoms with Crippen LogP contribution in [-0.2, 0) is 6.54 Å². The van der Waals surface area contributed by atoms with E-state index < -0.39 is 0 Å². The van der Waals surface area contributed by atoms with Crippen molar-refractivity contribution >= 4 is 0 Å². The van der Waals surface area contributed by atoms with Gasteiger partial charge in [0, 0.05) is 5.56 Å². The van der Waals surface area contributed by atoms with Crippen LogP contribution in [0.3, 0.4) is 0 Å². The van der Waals surface area contributed by atoms with Crippen molar-refractivity contribution in [2.45, 2.75) is 51.6 Å². The Morgan fingerprint density at radius 2 is 1.75 bits per heavy atom. The minimum Gasteiger partial charge on any atom is -0.323 e. The van der Waals surface area contributed by atoms with E-state index in [4.69, 9.17) is 0 Å². The molecule has 1 saturated carbocycles. The Balaban J connectivity index is 1.48. The summed E-state index contributed by atoms with van der Waals surface area (Å²) in [7, 11) is 0. The van der Waals surface area contributed by atoms with E-state index in [2.05, 4.69) is 31.2 Å². The third-order valence-corrected chi connectivity index (χ3v) is 5.32. The maximum absolute atomic E-state index is 2.35. The van der Waals surface area contributed by atoms with Gasteiger partial charge in [0.05, 0.1) is 6.04 Å². The van der Waals surface area contributed by atoms with Crippen molar-refractivity contribution in [1.82, 2.24) is 0 Å². The van der Waals surface area contributed by atoms with Crippen LogP contribution in [0, 0.1) is 6.92 Å². The van der Waals surface area contributed by atoms with Crippen LogP contribution in [0.1, 0.15) is 43.2 Å². The van der Waals surface area contributed by atoms with Crippen LogP contribution in [0.2, 0.25) is 0 Å². The minimum atomic E-state index is 0.990. The van der Waals surface area contributed by atoms with Gasteiger partial charge in [-0.3, -0.25) is 0 Å². The first-order valence-electron chi connectivity index (χ1n) is 8.55. The number of benzene rings is 1. The van der Waals surface area contributed by atoms with Gasteiger partial charge < -0.3 is 9.80 Å². The highest BCUT2D eigenvalue weighted by molar-refractivity contribution is 5.21. The fraction of sp³-hybridized carbons (Fsp3) is 0.667. The first kappa shape index (κ1) is 14.1. The first-order valence-corrected chi connectivity index (χ1v) is 8.55. The highest BCUT2D eigenvalue weighted by Crippen LogP contribution is 2.15. The van der Waals surface area contributed by atoms with Crippen molar-refractivity contribution in [2.75, 3.05) is 26.2 Å². The summed E-state index contributed by atoms with van der Waals surface area (Å²) >= 11 is 0. The Morgan fingerprint density at radius 3 is 2.45 bits per heavy atom. The molecule has 2 N–H and O–H groups in total. The van der Waals surface area contributed by atoms with E-state index in [-0.39, 0.29) is 0 Å². The van der Waals surface area contributed by atoms with Crippen LogP contribution in [0.5, 0.6) is 0 Å². The fourth-order valence-electron chi connectivity index (χ4n) is 4.13. The van der Waals surface area contributed by atoms with Crippen molar-refractivity contribution in [3.05, 3.63) is 35.4 Å². The molecule has 110 valence electrons.